The summed E-state index contributed by atoms with van der Waals surface area (Å²) in [6, 6.07) is 8.31. The first-order valence-corrected chi connectivity index (χ1v) is 8.61. The van der Waals surface area contributed by atoms with Crippen molar-refractivity contribution < 1.29 is 9.53 Å². The first kappa shape index (κ1) is 16.6. The van der Waals surface area contributed by atoms with Gasteiger partial charge in [-0.25, -0.2) is 0 Å². The molecule has 0 spiro atoms. The molecule has 2 atom stereocenters. The van der Waals surface area contributed by atoms with Crippen molar-refractivity contribution in [2.24, 2.45) is 0 Å². The summed E-state index contributed by atoms with van der Waals surface area (Å²) in [6.45, 7) is 4.77. The third-order valence-corrected chi connectivity index (χ3v) is 4.82. The number of nitrogens with zero attached hydrogens (tertiary/aromatic N) is 2. The fourth-order valence-corrected chi connectivity index (χ4v) is 3.40. The molecule has 3 rings (SSSR count). The molecule has 1 aromatic carbocycles. The molecule has 2 fully saturated rings. The molecule has 126 valence electrons. The second-order valence-corrected chi connectivity index (χ2v) is 6.87. The van der Waals surface area contributed by atoms with E-state index >= 15 is 0 Å². The number of anilines is 1. The van der Waals surface area contributed by atoms with Crippen molar-refractivity contribution in [3.63, 3.8) is 0 Å². The third kappa shape index (κ3) is 4.16. The fourth-order valence-electron chi connectivity index (χ4n) is 3.13. The molecule has 1 aromatic rings. The van der Waals surface area contributed by atoms with Crippen LogP contribution in [0, 0.1) is 0 Å². The van der Waals surface area contributed by atoms with E-state index in [1.807, 2.05) is 7.05 Å². The molecule has 2 aliphatic rings. The van der Waals surface area contributed by atoms with E-state index in [1.165, 1.54) is 5.69 Å². The van der Waals surface area contributed by atoms with Crippen molar-refractivity contribution >= 4 is 23.2 Å². The summed E-state index contributed by atoms with van der Waals surface area (Å²) < 4.78 is 5.38. The van der Waals surface area contributed by atoms with Gasteiger partial charge in [-0.2, -0.15) is 0 Å². The van der Waals surface area contributed by atoms with Crippen molar-refractivity contribution in [1.29, 1.82) is 0 Å². The number of benzene rings is 1. The smallest absolute Gasteiger partial charge is 0.239 e. The Bertz CT molecular complexity index is 531. The number of morpholine rings is 1. The Morgan fingerprint density at radius 2 is 2.04 bits per heavy atom. The molecule has 2 heterocycles. The number of carbonyl (C=O) groups is 1. The molecule has 1 N–H and O–H groups in total. The Morgan fingerprint density at radius 1 is 1.35 bits per heavy atom. The van der Waals surface area contributed by atoms with E-state index < -0.39 is 0 Å². The maximum Gasteiger partial charge on any atom is 0.239 e. The van der Waals surface area contributed by atoms with Crippen molar-refractivity contribution in [2.45, 2.75) is 24.4 Å². The maximum absolute atomic E-state index is 12.4. The summed E-state index contributed by atoms with van der Waals surface area (Å²) in [5.41, 5.74) is 2.35. The molecular formula is C17H24ClN3O2. The SMILES string of the molecule is CN(Cc1ccc(N2CCOCC2)cc1)C(=O)C1CC(Cl)CN1. The van der Waals surface area contributed by atoms with Gasteiger partial charge in [0, 0.05) is 44.3 Å². The number of hydrogen-bond acceptors (Lipinski definition) is 4. The van der Waals surface area contributed by atoms with E-state index in [1.54, 1.807) is 4.90 Å². The van der Waals surface area contributed by atoms with Crippen LogP contribution in [0.5, 0.6) is 0 Å². The molecule has 1 amide bonds. The Hall–Kier alpha value is -1.30. The lowest BCUT2D eigenvalue weighted by Crippen LogP contribution is -2.41. The molecule has 0 aliphatic carbocycles. The van der Waals surface area contributed by atoms with Gasteiger partial charge in [0.25, 0.3) is 0 Å². The lowest BCUT2D eigenvalue weighted by atomic mass is 10.1. The first-order valence-electron chi connectivity index (χ1n) is 8.17. The lowest BCUT2D eigenvalue weighted by Gasteiger charge is -2.29. The highest BCUT2D eigenvalue weighted by molar-refractivity contribution is 6.21. The van der Waals surface area contributed by atoms with Crippen LogP contribution in [0.4, 0.5) is 5.69 Å². The average molecular weight is 338 g/mol. The first-order chi connectivity index (χ1) is 11.1. The zero-order valence-electron chi connectivity index (χ0n) is 13.5. The Morgan fingerprint density at radius 3 is 2.65 bits per heavy atom. The van der Waals surface area contributed by atoms with Gasteiger partial charge in [0.05, 0.1) is 19.3 Å². The van der Waals surface area contributed by atoms with E-state index in [4.69, 9.17) is 16.3 Å². The van der Waals surface area contributed by atoms with E-state index in [0.717, 1.165) is 31.9 Å². The Kier molecular flexibility index (Phi) is 5.41. The van der Waals surface area contributed by atoms with E-state index in [2.05, 4.69) is 34.5 Å². The zero-order valence-corrected chi connectivity index (χ0v) is 14.3. The van der Waals surface area contributed by atoms with Gasteiger partial charge in [0.2, 0.25) is 5.91 Å². The van der Waals surface area contributed by atoms with E-state index in [0.29, 0.717) is 19.5 Å². The number of rotatable bonds is 4. The molecule has 2 aliphatic heterocycles. The number of halogens is 1. The van der Waals surface area contributed by atoms with Crippen LogP contribution in [0.15, 0.2) is 24.3 Å². The number of carbonyl (C=O) groups excluding carboxylic acids is 1. The number of amides is 1. The van der Waals surface area contributed by atoms with Crippen LogP contribution in [0.1, 0.15) is 12.0 Å². The van der Waals surface area contributed by atoms with Gasteiger partial charge in [-0.15, -0.1) is 11.6 Å². The predicted molar refractivity (Wildman–Crippen MR) is 92.0 cm³/mol. The van der Waals surface area contributed by atoms with Gasteiger partial charge >= 0.3 is 0 Å². The maximum atomic E-state index is 12.4. The molecule has 5 nitrogen and oxygen atoms in total. The van der Waals surface area contributed by atoms with Gasteiger partial charge in [-0.1, -0.05) is 12.1 Å². The molecule has 0 radical (unpaired) electrons. The highest BCUT2D eigenvalue weighted by atomic mass is 35.5. The summed E-state index contributed by atoms with van der Waals surface area (Å²) in [6.07, 6.45) is 0.709. The lowest BCUT2D eigenvalue weighted by molar-refractivity contribution is -0.132. The summed E-state index contributed by atoms with van der Waals surface area (Å²) >= 11 is 6.06. The molecule has 0 aromatic heterocycles. The highest BCUT2D eigenvalue weighted by Crippen LogP contribution is 2.19. The van der Waals surface area contributed by atoms with Crippen LogP contribution < -0.4 is 10.2 Å². The van der Waals surface area contributed by atoms with Gasteiger partial charge in [0.1, 0.15) is 0 Å². The highest BCUT2D eigenvalue weighted by Gasteiger charge is 2.30. The average Bonchev–Trinajstić information content (AvgIpc) is 3.02. The Balaban J connectivity index is 1.56. The van der Waals surface area contributed by atoms with Crippen molar-refractivity contribution in [3.05, 3.63) is 29.8 Å². The summed E-state index contributed by atoms with van der Waals surface area (Å²) in [5, 5.41) is 3.24. The van der Waals surface area contributed by atoms with Gasteiger partial charge in [-0.3, -0.25) is 4.79 Å². The van der Waals surface area contributed by atoms with Crippen LogP contribution in [-0.4, -0.2) is 62.1 Å². The monoisotopic (exact) mass is 337 g/mol. The fraction of sp³-hybridized carbons (Fsp3) is 0.588. The largest absolute Gasteiger partial charge is 0.378 e. The molecule has 23 heavy (non-hydrogen) atoms. The predicted octanol–water partition coefficient (Wildman–Crippen LogP) is 1.45. The number of ether oxygens (including phenoxy) is 1. The minimum atomic E-state index is -0.143. The minimum Gasteiger partial charge on any atom is -0.378 e. The summed E-state index contributed by atoms with van der Waals surface area (Å²) in [5.74, 6) is 0.116. The van der Waals surface area contributed by atoms with Crippen LogP contribution in [0.2, 0.25) is 0 Å². The van der Waals surface area contributed by atoms with Crippen molar-refractivity contribution in [2.75, 3.05) is 44.8 Å². The van der Waals surface area contributed by atoms with Crippen LogP contribution in [0.3, 0.4) is 0 Å². The number of alkyl halides is 1. The normalized spacial score (nSPS) is 24.7. The third-order valence-electron chi connectivity index (χ3n) is 4.48. The van der Waals surface area contributed by atoms with Gasteiger partial charge in [-0.05, 0) is 24.1 Å². The molecular weight excluding hydrogens is 314 g/mol. The standard InChI is InChI=1S/C17H24ClN3O2/c1-20(17(22)16-10-14(18)11-19-16)12-13-2-4-15(5-3-13)21-6-8-23-9-7-21/h2-5,14,16,19H,6-12H2,1H3. The number of hydrogen-bond donors (Lipinski definition) is 1. The summed E-state index contributed by atoms with van der Waals surface area (Å²) in [7, 11) is 1.85. The summed E-state index contributed by atoms with van der Waals surface area (Å²) in [4.78, 5) is 16.5. The second kappa shape index (κ2) is 7.51. The van der Waals surface area contributed by atoms with Gasteiger partial charge in [0.15, 0.2) is 0 Å². The van der Waals surface area contributed by atoms with Crippen molar-refractivity contribution in [3.8, 4) is 0 Å². The topological polar surface area (TPSA) is 44.8 Å². The Labute approximate surface area is 142 Å². The molecule has 0 saturated carbocycles. The zero-order chi connectivity index (χ0) is 16.2. The molecule has 2 unspecified atom stereocenters. The quantitative estimate of drug-likeness (QED) is 0.845. The number of likely N-dealkylation sites (N-methyl/N-ethyl adjacent to an activating group) is 1. The number of nitrogens with one attached hydrogen (secondary N) is 1. The van der Waals surface area contributed by atoms with E-state index in [-0.39, 0.29) is 17.3 Å². The van der Waals surface area contributed by atoms with Crippen LogP contribution in [-0.2, 0) is 16.1 Å². The van der Waals surface area contributed by atoms with Crippen LogP contribution in [0.25, 0.3) is 0 Å². The molecule has 2 saturated heterocycles. The van der Waals surface area contributed by atoms with Crippen LogP contribution >= 0.6 is 11.6 Å². The van der Waals surface area contributed by atoms with Gasteiger partial charge < -0.3 is 19.9 Å². The van der Waals surface area contributed by atoms with Crippen molar-refractivity contribution in [1.82, 2.24) is 10.2 Å². The minimum absolute atomic E-state index is 0.0603. The molecule has 0 bridgehead atoms. The second-order valence-electron chi connectivity index (χ2n) is 6.25. The van der Waals surface area contributed by atoms with E-state index in [9.17, 15) is 4.79 Å². The molecule has 6 heteroatoms.